The highest BCUT2D eigenvalue weighted by molar-refractivity contribution is 5.71. The van der Waals surface area contributed by atoms with Crippen molar-refractivity contribution in [1.29, 1.82) is 0 Å². The first kappa shape index (κ1) is 16.2. The van der Waals surface area contributed by atoms with Crippen LogP contribution in [0, 0.1) is 5.92 Å². The van der Waals surface area contributed by atoms with Gasteiger partial charge in [-0.2, -0.15) is 0 Å². The van der Waals surface area contributed by atoms with Gasteiger partial charge in [0.15, 0.2) is 0 Å². The first-order chi connectivity index (χ1) is 10.4. The van der Waals surface area contributed by atoms with E-state index in [1.165, 1.54) is 0 Å². The van der Waals surface area contributed by atoms with E-state index in [0.29, 0.717) is 0 Å². The Morgan fingerprint density at radius 1 is 1.32 bits per heavy atom. The quantitative estimate of drug-likeness (QED) is 0.896. The second-order valence-electron chi connectivity index (χ2n) is 5.33. The largest absolute Gasteiger partial charge is 0.481 e. The van der Waals surface area contributed by atoms with Crippen molar-refractivity contribution in [2.24, 2.45) is 5.92 Å². The predicted molar refractivity (Wildman–Crippen MR) is 73.5 cm³/mol. The van der Waals surface area contributed by atoms with Crippen LogP contribution in [0.5, 0.6) is 0 Å². The Hall–Kier alpha value is -2.18. The second-order valence-corrected chi connectivity index (χ2v) is 5.33. The number of carboxylic acids is 1. The van der Waals surface area contributed by atoms with Crippen molar-refractivity contribution in [1.82, 2.24) is 5.32 Å². The topological polar surface area (TPSA) is 75.6 Å². The minimum absolute atomic E-state index is 0.0344. The Morgan fingerprint density at radius 2 is 2.00 bits per heavy atom. The number of alkyl carbamates (subject to hydrolysis) is 1. The maximum Gasteiger partial charge on any atom is 0.407 e. The van der Waals surface area contributed by atoms with Gasteiger partial charge < -0.3 is 15.2 Å². The highest BCUT2D eigenvalue weighted by Gasteiger charge is 2.47. The maximum absolute atomic E-state index is 13.8. The van der Waals surface area contributed by atoms with E-state index in [2.05, 4.69) is 5.32 Å². The summed E-state index contributed by atoms with van der Waals surface area (Å²) in [5.41, 5.74) is 0.733. The van der Waals surface area contributed by atoms with Crippen molar-refractivity contribution >= 4 is 12.1 Å². The number of nitrogens with one attached hydrogen (secondary N) is 1. The Bertz CT molecular complexity index is 536. The molecular formula is C15H17F2NO4. The van der Waals surface area contributed by atoms with Crippen LogP contribution >= 0.6 is 0 Å². The van der Waals surface area contributed by atoms with Crippen LogP contribution in [0.2, 0.25) is 0 Å². The summed E-state index contributed by atoms with van der Waals surface area (Å²) in [5.74, 6) is -5.13. The molecule has 1 aliphatic rings. The molecule has 0 spiro atoms. The van der Waals surface area contributed by atoms with E-state index in [1.54, 1.807) is 30.3 Å². The summed E-state index contributed by atoms with van der Waals surface area (Å²) in [6.07, 6.45) is -1.93. The summed E-state index contributed by atoms with van der Waals surface area (Å²) in [4.78, 5) is 22.6. The minimum Gasteiger partial charge on any atom is -0.481 e. The first-order valence-corrected chi connectivity index (χ1v) is 6.96. The van der Waals surface area contributed by atoms with Crippen molar-refractivity contribution < 1.29 is 28.2 Å². The van der Waals surface area contributed by atoms with Gasteiger partial charge in [0.25, 0.3) is 5.92 Å². The zero-order chi connectivity index (χ0) is 16.2. The van der Waals surface area contributed by atoms with Crippen LogP contribution in [0.25, 0.3) is 0 Å². The molecule has 1 aromatic carbocycles. The first-order valence-electron chi connectivity index (χ1n) is 6.96. The van der Waals surface area contributed by atoms with Crippen molar-refractivity contribution in [3.05, 3.63) is 35.9 Å². The lowest BCUT2D eigenvalue weighted by atomic mass is 9.83. The van der Waals surface area contributed by atoms with Crippen LogP contribution in [0.1, 0.15) is 24.8 Å². The molecule has 0 radical (unpaired) electrons. The van der Waals surface area contributed by atoms with Gasteiger partial charge in [0.05, 0.1) is 12.0 Å². The summed E-state index contributed by atoms with van der Waals surface area (Å²) in [7, 11) is 0. The molecule has 1 fully saturated rings. The zero-order valence-electron chi connectivity index (χ0n) is 11.8. The lowest BCUT2D eigenvalue weighted by Gasteiger charge is -2.34. The number of rotatable bonds is 4. The number of alkyl halides is 2. The molecule has 22 heavy (non-hydrogen) atoms. The summed E-state index contributed by atoms with van der Waals surface area (Å²) in [6.45, 7) is -0.0344. The second kappa shape index (κ2) is 6.72. The molecule has 0 bridgehead atoms. The molecule has 1 amide bonds. The highest BCUT2D eigenvalue weighted by Crippen LogP contribution is 2.36. The summed E-state index contributed by atoms with van der Waals surface area (Å²) in [5, 5.41) is 11.0. The fourth-order valence-corrected chi connectivity index (χ4v) is 2.41. The predicted octanol–water partition coefficient (Wildman–Crippen LogP) is 2.80. The third kappa shape index (κ3) is 4.16. The van der Waals surface area contributed by atoms with Crippen LogP contribution in [-0.2, 0) is 16.1 Å². The van der Waals surface area contributed by atoms with E-state index in [-0.39, 0.29) is 19.4 Å². The third-order valence-corrected chi connectivity index (χ3v) is 3.71. The molecule has 0 heterocycles. The normalized spacial score (nSPS) is 23.5. The van der Waals surface area contributed by atoms with Gasteiger partial charge >= 0.3 is 12.1 Å². The van der Waals surface area contributed by atoms with Gasteiger partial charge in [0, 0.05) is 6.42 Å². The van der Waals surface area contributed by atoms with Gasteiger partial charge in [-0.25, -0.2) is 13.6 Å². The average molecular weight is 313 g/mol. The van der Waals surface area contributed by atoms with Crippen LogP contribution < -0.4 is 5.32 Å². The van der Waals surface area contributed by atoms with E-state index in [9.17, 15) is 18.4 Å². The van der Waals surface area contributed by atoms with Crippen molar-refractivity contribution in [2.45, 2.75) is 37.8 Å². The van der Waals surface area contributed by atoms with Crippen LogP contribution in [0.4, 0.5) is 13.6 Å². The molecule has 1 aliphatic carbocycles. The van der Waals surface area contributed by atoms with E-state index >= 15 is 0 Å². The Balaban J connectivity index is 1.89. The molecule has 2 rings (SSSR count). The summed E-state index contributed by atoms with van der Waals surface area (Å²) < 4.78 is 32.4. The standard InChI is InChI=1S/C15H17F2NO4/c16-15(17)7-6-11(13(19)20)8-12(15)18-14(21)22-9-10-4-2-1-3-5-10/h1-5,11-12H,6-9H2,(H,18,21)(H,19,20)/t11-,12+/m0/s1. The van der Waals surface area contributed by atoms with Crippen LogP contribution in [0.15, 0.2) is 30.3 Å². The average Bonchev–Trinajstić information content (AvgIpc) is 2.48. The molecule has 0 unspecified atom stereocenters. The van der Waals surface area contributed by atoms with Crippen LogP contribution in [0.3, 0.4) is 0 Å². The zero-order valence-corrected chi connectivity index (χ0v) is 11.8. The number of hydrogen-bond donors (Lipinski definition) is 2. The molecule has 5 nitrogen and oxygen atoms in total. The smallest absolute Gasteiger partial charge is 0.407 e. The number of amides is 1. The number of hydrogen-bond acceptors (Lipinski definition) is 3. The monoisotopic (exact) mass is 313 g/mol. The van der Waals surface area contributed by atoms with Gasteiger partial charge in [-0.1, -0.05) is 30.3 Å². The molecule has 7 heteroatoms. The highest BCUT2D eigenvalue weighted by atomic mass is 19.3. The fraction of sp³-hybridized carbons (Fsp3) is 0.467. The number of carboxylic acid groups (broad SMARTS) is 1. The summed E-state index contributed by atoms with van der Waals surface area (Å²) in [6, 6.07) is 7.29. The van der Waals surface area contributed by atoms with Gasteiger partial charge in [0.1, 0.15) is 6.61 Å². The molecule has 120 valence electrons. The fourth-order valence-electron chi connectivity index (χ4n) is 2.41. The minimum atomic E-state index is -3.13. The third-order valence-electron chi connectivity index (χ3n) is 3.71. The van der Waals surface area contributed by atoms with Gasteiger partial charge in [-0.15, -0.1) is 0 Å². The van der Waals surface area contributed by atoms with E-state index in [1.807, 2.05) is 0 Å². The number of aliphatic carboxylic acids is 1. The molecular weight excluding hydrogens is 296 g/mol. The number of ether oxygens (including phenoxy) is 1. The van der Waals surface area contributed by atoms with Crippen molar-refractivity contribution in [3.8, 4) is 0 Å². The number of carbonyl (C=O) groups is 2. The molecule has 1 saturated carbocycles. The van der Waals surface area contributed by atoms with Crippen LogP contribution in [-0.4, -0.2) is 29.1 Å². The van der Waals surface area contributed by atoms with Crippen molar-refractivity contribution in [3.63, 3.8) is 0 Å². The van der Waals surface area contributed by atoms with Crippen molar-refractivity contribution in [2.75, 3.05) is 0 Å². The van der Waals surface area contributed by atoms with Gasteiger partial charge in [-0.3, -0.25) is 4.79 Å². The lowest BCUT2D eigenvalue weighted by molar-refractivity contribution is -0.147. The molecule has 2 N–H and O–H groups in total. The number of benzene rings is 1. The van der Waals surface area contributed by atoms with Gasteiger partial charge in [-0.05, 0) is 18.4 Å². The molecule has 1 aromatic rings. The van der Waals surface area contributed by atoms with Gasteiger partial charge in [0.2, 0.25) is 0 Å². The molecule has 0 aromatic heterocycles. The summed E-state index contributed by atoms with van der Waals surface area (Å²) >= 11 is 0. The SMILES string of the molecule is O=C(N[C@@H]1C[C@@H](C(=O)O)CCC1(F)F)OCc1ccccc1. The maximum atomic E-state index is 13.8. The van der Waals surface area contributed by atoms with E-state index in [0.717, 1.165) is 5.56 Å². The molecule has 0 saturated heterocycles. The molecule has 2 atom stereocenters. The Kier molecular flexibility index (Phi) is 4.95. The Morgan fingerprint density at radius 3 is 2.64 bits per heavy atom. The number of carbonyl (C=O) groups excluding carboxylic acids is 1. The Labute approximate surface area is 126 Å². The van der Waals surface area contributed by atoms with E-state index in [4.69, 9.17) is 9.84 Å². The lowest BCUT2D eigenvalue weighted by Crippen LogP contribution is -2.52. The molecule has 0 aliphatic heterocycles. The number of halogens is 2. The van der Waals surface area contributed by atoms with E-state index < -0.39 is 36.4 Å².